The average Bonchev–Trinajstić information content (AvgIpc) is 3.33. The summed E-state index contributed by atoms with van der Waals surface area (Å²) in [7, 11) is 0. The van der Waals surface area contributed by atoms with Crippen LogP contribution in [-0.2, 0) is 0 Å². The van der Waals surface area contributed by atoms with E-state index in [9.17, 15) is 4.79 Å². The van der Waals surface area contributed by atoms with Crippen molar-refractivity contribution in [2.24, 2.45) is 0 Å². The lowest BCUT2D eigenvalue weighted by atomic mass is 10.1. The first-order chi connectivity index (χ1) is 13.0. The summed E-state index contributed by atoms with van der Waals surface area (Å²) in [6.07, 6.45) is 4.08. The number of H-pyrrole nitrogens is 1. The number of fused-ring (bicyclic) bond motifs is 2. The second-order valence-electron chi connectivity index (χ2n) is 7.57. The summed E-state index contributed by atoms with van der Waals surface area (Å²) in [5.74, 6) is 0.848. The Balaban J connectivity index is 1.38. The fourth-order valence-electron chi connectivity index (χ4n) is 4.10. The number of anilines is 1. The SMILES string of the molecule is Cc1[nH]c2ccc(C(=O)Nc3ccc4c(c3)OC3(CCCC3)O4)cc2c1C. The third-order valence-electron chi connectivity index (χ3n) is 5.73. The van der Waals surface area contributed by atoms with Gasteiger partial charge in [0.05, 0.1) is 0 Å². The van der Waals surface area contributed by atoms with Crippen molar-refractivity contribution in [3.8, 4) is 11.5 Å². The van der Waals surface area contributed by atoms with Crippen molar-refractivity contribution < 1.29 is 14.3 Å². The second-order valence-corrected chi connectivity index (χ2v) is 7.57. The van der Waals surface area contributed by atoms with Crippen LogP contribution >= 0.6 is 0 Å². The van der Waals surface area contributed by atoms with E-state index in [-0.39, 0.29) is 5.91 Å². The van der Waals surface area contributed by atoms with Gasteiger partial charge in [0, 0.05) is 46.8 Å². The van der Waals surface area contributed by atoms with Crippen LogP contribution in [0.1, 0.15) is 47.3 Å². The van der Waals surface area contributed by atoms with Gasteiger partial charge < -0.3 is 19.8 Å². The van der Waals surface area contributed by atoms with Crippen molar-refractivity contribution in [3.05, 3.63) is 53.2 Å². The molecule has 0 atom stereocenters. The molecule has 0 saturated heterocycles. The van der Waals surface area contributed by atoms with Gasteiger partial charge in [0.25, 0.3) is 11.7 Å². The number of aryl methyl sites for hydroxylation is 2. The smallest absolute Gasteiger partial charge is 0.255 e. The monoisotopic (exact) mass is 362 g/mol. The first kappa shape index (κ1) is 16.2. The molecule has 138 valence electrons. The molecular formula is C22H22N2O3. The van der Waals surface area contributed by atoms with Crippen molar-refractivity contribution >= 4 is 22.5 Å². The molecule has 5 heteroatoms. The topological polar surface area (TPSA) is 63.4 Å². The summed E-state index contributed by atoms with van der Waals surface area (Å²) in [5, 5.41) is 4.05. The van der Waals surface area contributed by atoms with Gasteiger partial charge in [-0.15, -0.1) is 0 Å². The number of ether oxygens (including phenoxy) is 2. The van der Waals surface area contributed by atoms with E-state index in [1.165, 1.54) is 5.56 Å². The molecule has 27 heavy (non-hydrogen) atoms. The van der Waals surface area contributed by atoms with Gasteiger partial charge in [-0.05, 0) is 62.6 Å². The number of aromatic amines is 1. The fraction of sp³-hybridized carbons (Fsp3) is 0.318. The first-order valence-electron chi connectivity index (χ1n) is 9.45. The van der Waals surface area contributed by atoms with Gasteiger partial charge in [-0.2, -0.15) is 0 Å². The van der Waals surface area contributed by atoms with Crippen LogP contribution in [0.25, 0.3) is 10.9 Å². The number of aromatic nitrogens is 1. The maximum absolute atomic E-state index is 12.7. The van der Waals surface area contributed by atoms with Crippen LogP contribution < -0.4 is 14.8 Å². The highest BCUT2D eigenvalue weighted by Crippen LogP contribution is 2.47. The lowest BCUT2D eigenvalue weighted by Gasteiger charge is -2.21. The summed E-state index contributed by atoms with van der Waals surface area (Å²) in [4.78, 5) is 16.1. The number of carbonyl (C=O) groups excluding carboxylic acids is 1. The molecule has 3 aromatic rings. The first-order valence-corrected chi connectivity index (χ1v) is 9.45. The molecule has 0 bridgehead atoms. The number of hydrogen-bond acceptors (Lipinski definition) is 3. The molecule has 2 heterocycles. The molecule has 0 unspecified atom stereocenters. The van der Waals surface area contributed by atoms with Crippen molar-refractivity contribution in [2.45, 2.75) is 45.3 Å². The molecule has 2 aliphatic rings. The van der Waals surface area contributed by atoms with Crippen LogP contribution in [0.15, 0.2) is 36.4 Å². The minimum Gasteiger partial charge on any atom is -0.448 e. The second kappa shape index (κ2) is 5.78. The van der Waals surface area contributed by atoms with Crippen LogP contribution in [0.2, 0.25) is 0 Å². The largest absolute Gasteiger partial charge is 0.448 e. The molecular weight excluding hydrogens is 340 g/mol. The van der Waals surface area contributed by atoms with E-state index < -0.39 is 5.79 Å². The minimum absolute atomic E-state index is 0.135. The molecule has 0 radical (unpaired) electrons. The number of benzene rings is 2. The van der Waals surface area contributed by atoms with Crippen LogP contribution in [0.4, 0.5) is 5.69 Å². The maximum Gasteiger partial charge on any atom is 0.255 e. The minimum atomic E-state index is -0.486. The van der Waals surface area contributed by atoms with Gasteiger partial charge in [0.15, 0.2) is 11.5 Å². The lowest BCUT2D eigenvalue weighted by Crippen LogP contribution is -2.34. The number of amides is 1. The summed E-state index contributed by atoms with van der Waals surface area (Å²) >= 11 is 0. The predicted molar refractivity (Wildman–Crippen MR) is 105 cm³/mol. The Labute approximate surface area is 157 Å². The maximum atomic E-state index is 12.7. The molecule has 1 fully saturated rings. The average molecular weight is 362 g/mol. The Kier molecular flexibility index (Phi) is 3.47. The zero-order chi connectivity index (χ0) is 18.6. The van der Waals surface area contributed by atoms with Crippen molar-refractivity contribution in [2.75, 3.05) is 5.32 Å². The number of rotatable bonds is 2. The standard InChI is InChI=1S/C22H22N2O3/c1-13-14(2)23-18-7-5-15(11-17(13)18)21(25)24-16-6-8-19-20(12-16)27-22(26-19)9-3-4-10-22/h5-8,11-12,23H,3-4,9-10H2,1-2H3,(H,24,25). The highest BCUT2D eigenvalue weighted by Gasteiger charge is 2.44. The van der Waals surface area contributed by atoms with E-state index in [1.54, 1.807) is 0 Å². The number of hydrogen-bond donors (Lipinski definition) is 2. The van der Waals surface area contributed by atoms with Gasteiger partial charge in [-0.25, -0.2) is 0 Å². The third-order valence-corrected chi connectivity index (χ3v) is 5.73. The van der Waals surface area contributed by atoms with Crippen LogP contribution in [0.3, 0.4) is 0 Å². The van der Waals surface area contributed by atoms with Crippen LogP contribution in [0, 0.1) is 13.8 Å². The van der Waals surface area contributed by atoms with E-state index in [4.69, 9.17) is 9.47 Å². The van der Waals surface area contributed by atoms with E-state index in [0.717, 1.165) is 48.0 Å². The zero-order valence-corrected chi connectivity index (χ0v) is 15.5. The fourth-order valence-corrected chi connectivity index (χ4v) is 4.10. The molecule has 1 saturated carbocycles. The van der Waals surface area contributed by atoms with Crippen LogP contribution in [0.5, 0.6) is 11.5 Å². The van der Waals surface area contributed by atoms with Gasteiger partial charge >= 0.3 is 0 Å². The van der Waals surface area contributed by atoms with Crippen LogP contribution in [-0.4, -0.2) is 16.7 Å². The number of carbonyl (C=O) groups is 1. The highest BCUT2D eigenvalue weighted by molar-refractivity contribution is 6.06. The van der Waals surface area contributed by atoms with E-state index >= 15 is 0 Å². The van der Waals surface area contributed by atoms with Gasteiger partial charge in [-0.3, -0.25) is 4.79 Å². The molecule has 1 aliphatic carbocycles. The Hall–Kier alpha value is -2.95. The molecule has 1 aromatic heterocycles. The normalized spacial score (nSPS) is 17.0. The summed E-state index contributed by atoms with van der Waals surface area (Å²) in [6, 6.07) is 11.3. The van der Waals surface area contributed by atoms with Gasteiger partial charge in [0.2, 0.25) is 0 Å². The zero-order valence-electron chi connectivity index (χ0n) is 15.5. The Morgan fingerprint density at radius 1 is 1.04 bits per heavy atom. The Morgan fingerprint density at radius 2 is 1.81 bits per heavy atom. The Bertz CT molecular complexity index is 1060. The van der Waals surface area contributed by atoms with E-state index in [1.807, 2.05) is 43.3 Å². The lowest BCUT2D eigenvalue weighted by molar-refractivity contribution is -0.0716. The molecule has 5 nitrogen and oxygen atoms in total. The predicted octanol–water partition coefficient (Wildman–Crippen LogP) is 5.08. The van der Waals surface area contributed by atoms with E-state index in [0.29, 0.717) is 17.0 Å². The van der Waals surface area contributed by atoms with E-state index in [2.05, 4.69) is 17.2 Å². The van der Waals surface area contributed by atoms with Crippen molar-refractivity contribution in [3.63, 3.8) is 0 Å². The molecule has 1 spiro atoms. The quantitative estimate of drug-likeness (QED) is 0.668. The molecule has 5 rings (SSSR count). The van der Waals surface area contributed by atoms with Crippen molar-refractivity contribution in [1.29, 1.82) is 0 Å². The molecule has 2 N–H and O–H groups in total. The Morgan fingerprint density at radius 3 is 2.63 bits per heavy atom. The summed E-state index contributed by atoms with van der Waals surface area (Å²) < 4.78 is 12.1. The van der Waals surface area contributed by atoms with Crippen molar-refractivity contribution in [1.82, 2.24) is 4.98 Å². The molecule has 1 aliphatic heterocycles. The number of nitrogens with one attached hydrogen (secondary N) is 2. The highest BCUT2D eigenvalue weighted by atomic mass is 16.7. The molecule has 2 aromatic carbocycles. The molecule has 1 amide bonds. The summed E-state index contributed by atoms with van der Waals surface area (Å²) in [6.45, 7) is 4.10. The third kappa shape index (κ3) is 2.65. The van der Waals surface area contributed by atoms with Gasteiger partial charge in [-0.1, -0.05) is 0 Å². The summed E-state index contributed by atoms with van der Waals surface area (Å²) in [5.41, 5.74) is 4.68. The van der Waals surface area contributed by atoms with Gasteiger partial charge in [0.1, 0.15) is 0 Å².